The SMILES string of the molecule is OCCOCCNCc1c(OCc2ccc(F)cc2Cl)ccc2ccccc12. The molecule has 0 atom stereocenters. The van der Waals surface area contributed by atoms with Crippen molar-refractivity contribution in [2.75, 3.05) is 26.4 Å². The largest absolute Gasteiger partial charge is 0.488 e. The smallest absolute Gasteiger partial charge is 0.124 e. The lowest BCUT2D eigenvalue weighted by atomic mass is 10.0. The predicted molar refractivity (Wildman–Crippen MR) is 109 cm³/mol. The maximum absolute atomic E-state index is 13.2. The van der Waals surface area contributed by atoms with Gasteiger partial charge in [0.2, 0.25) is 0 Å². The molecule has 148 valence electrons. The molecule has 0 aliphatic heterocycles. The van der Waals surface area contributed by atoms with Gasteiger partial charge in [0.05, 0.1) is 24.8 Å². The zero-order valence-corrected chi connectivity index (χ0v) is 16.2. The van der Waals surface area contributed by atoms with Crippen molar-refractivity contribution in [1.29, 1.82) is 0 Å². The van der Waals surface area contributed by atoms with E-state index in [9.17, 15) is 4.39 Å². The lowest BCUT2D eigenvalue weighted by molar-refractivity contribution is 0.0938. The van der Waals surface area contributed by atoms with Crippen LogP contribution in [-0.4, -0.2) is 31.5 Å². The van der Waals surface area contributed by atoms with Gasteiger partial charge in [-0.3, -0.25) is 0 Å². The summed E-state index contributed by atoms with van der Waals surface area (Å²) >= 11 is 6.11. The van der Waals surface area contributed by atoms with Gasteiger partial charge in [0, 0.05) is 24.2 Å². The first-order valence-corrected chi connectivity index (χ1v) is 9.53. The van der Waals surface area contributed by atoms with Crippen LogP contribution in [0.2, 0.25) is 5.02 Å². The highest BCUT2D eigenvalue weighted by Crippen LogP contribution is 2.29. The van der Waals surface area contributed by atoms with Crippen molar-refractivity contribution in [1.82, 2.24) is 5.32 Å². The third-order valence-corrected chi connectivity index (χ3v) is 4.71. The lowest BCUT2D eigenvalue weighted by Crippen LogP contribution is -2.20. The van der Waals surface area contributed by atoms with Crippen LogP contribution in [0.15, 0.2) is 54.6 Å². The summed E-state index contributed by atoms with van der Waals surface area (Å²) in [6.07, 6.45) is 0. The van der Waals surface area contributed by atoms with Crippen LogP contribution in [0.25, 0.3) is 10.8 Å². The number of rotatable bonds is 10. The normalized spacial score (nSPS) is 11.1. The molecule has 3 aromatic carbocycles. The fraction of sp³-hybridized carbons (Fsp3) is 0.273. The third kappa shape index (κ3) is 5.42. The standard InChI is InChI=1S/C22H23ClFNO3/c23-21-13-18(24)7-5-17(21)15-28-22-8-6-16-3-1-2-4-19(16)20(22)14-25-9-11-27-12-10-26/h1-8,13,25-26H,9-12,14-15H2. The van der Waals surface area contributed by atoms with Crippen molar-refractivity contribution in [3.8, 4) is 5.75 Å². The van der Waals surface area contributed by atoms with E-state index < -0.39 is 0 Å². The van der Waals surface area contributed by atoms with E-state index in [0.29, 0.717) is 31.3 Å². The number of nitrogens with one attached hydrogen (secondary N) is 1. The van der Waals surface area contributed by atoms with Crippen LogP contribution in [0.3, 0.4) is 0 Å². The minimum absolute atomic E-state index is 0.0211. The molecule has 0 aromatic heterocycles. The Bertz CT molecular complexity index is 919. The number of aliphatic hydroxyl groups excluding tert-OH is 1. The number of hydrogen-bond acceptors (Lipinski definition) is 4. The first kappa shape index (κ1) is 20.6. The maximum atomic E-state index is 13.2. The quantitative estimate of drug-likeness (QED) is 0.495. The fourth-order valence-electron chi connectivity index (χ4n) is 2.95. The second-order valence-electron chi connectivity index (χ2n) is 6.30. The average molecular weight is 404 g/mol. The highest BCUT2D eigenvalue weighted by Gasteiger charge is 2.10. The Balaban J connectivity index is 1.74. The molecule has 0 saturated heterocycles. The molecule has 4 nitrogen and oxygen atoms in total. The summed E-state index contributed by atoms with van der Waals surface area (Å²) in [6.45, 7) is 2.40. The Hall–Kier alpha value is -2.18. The van der Waals surface area contributed by atoms with Gasteiger partial charge < -0.3 is 19.9 Å². The summed E-state index contributed by atoms with van der Waals surface area (Å²) in [4.78, 5) is 0. The van der Waals surface area contributed by atoms with Gasteiger partial charge in [-0.25, -0.2) is 4.39 Å². The predicted octanol–water partition coefficient (Wildman–Crippen LogP) is 4.31. The Labute approximate surface area is 168 Å². The van der Waals surface area contributed by atoms with Crippen LogP contribution in [-0.2, 0) is 17.9 Å². The van der Waals surface area contributed by atoms with Crippen molar-refractivity contribution < 1.29 is 19.0 Å². The second-order valence-corrected chi connectivity index (χ2v) is 6.71. The van der Waals surface area contributed by atoms with Crippen LogP contribution in [0.4, 0.5) is 4.39 Å². The van der Waals surface area contributed by atoms with Gasteiger partial charge in [-0.1, -0.05) is 48.0 Å². The van der Waals surface area contributed by atoms with Crippen LogP contribution in [0, 0.1) is 5.82 Å². The van der Waals surface area contributed by atoms with Gasteiger partial charge in [-0.15, -0.1) is 0 Å². The molecule has 0 spiro atoms. The maximum Gasteiger partial charge on any atom is 0.124 e. The summed E-state index contributed by atoms with van der Waals surface area (Å²) in [6, 6.07) is 16.4. The van der Waals surface area contributed by atoms with Crippen LogP contribution in [0.1, 0.15) is 11.1 Å². The van der Waals surface area contributed by atoms with E-state index in [-0.39, 0.29) is 19.0 Å². The van der Waals surface area contributed by atoms with Crippen LogP contribution < -0.4 is 10.1 Å². The molecule has 0 unspecified atom stereocenters. The Morgan fingerprint density at radius 1 is 1.04 bits per heavy atom. The van der Waals surface area contributed by atoms with E-state index >= 15 is 0 Å². The molecular formula is C22H23ClFNO3. The average Bonchev–Trinajstić information content (AvgIpc) is 2.70. The van der Waals surface area contributed by atoms with Crippen molar-refractivity contribution in [3.63, 3.8) is 0 Å². The molecule has 0 aliphatic carbocycles. The number of ether oxygens (including phenoxy) is 2. The lowest BCUT2D eigenvalue weighted by Gasteiger charge is -2.16. The summed E-state index contributed by atoms with van der Waals surface area (Å²) in [5, 5.41) is 14.7. The van der Waals surface area contributed by atoms with Crippen molar-refractivity contribution >= 4 is 22.4 Å². The van der Waals surface area contributed by atoms with E-state index in [2.05, 4.69) is 17.4 Å². The summed E-state index contributed by atoms with van der Waals surface area (Å²) in [5.74, 6) is 0.385. The van der Waals surface area contributed by atoms with Gasteiger partial charge in [-0.2, -0.15) is 0 Å². The molecule has 0 fully saturated rings. The van der Waals surface area contributed by atoms with Gasteiger partial charge >= 0.3 is 0 Å². The van der Waals surface area contributed by atoms with E-state index in [1.165, 1.54) is 12.1 Å². The summed E-state index contributed by atoms with van der Waals surface area (Å²) in [5.41, 5.74) is 1.77. The summed E-state index contributed by atoms with van der Waals surface area (Å²) < 4.78 is 24.6. The van der Waals surface area contributed by atoms with Gasteiger partial charge in [0.15, 0.2) is 0 Å². The van der Waals surface area contributed by atoms with E-state index in [0.717, 1.165) is 27.6 Å². The number of halogens is 2. The van der Waals surface area contributed by atoms with Crippen LogP contribution in [0.5, 0.6) is 5.75 Å². The minimum atomic E-state index is -0.368. The number of benzene rings is 3. The molecule has 6 heteroatoms. The molecule has 0 radical (unpaired) electrons. The zero-order valence-electron chi connectivity index (χ0n) is 15.5. The Morgan fingerprint density at radius 2 is 1.89 bits per heavy atom. The topological polar surface area (TPSA) is 50.7 Å². The van der Waals surface area contributed by atoms with E-state index in [4.69, 9.17) is 26.2 Å². The molecule has 3 aromatic rings. The molecule has 0 saturated carbocycles. The van der Waals surface area contributed by atoms with Gasteiger partial charge in [0.25, 0.3) is 0 Å². The molecule has 0 heterocycles. The molecule has 2 N–H and O–H groups in total. The third-order valence-electron chi connectivity index (χ3n) is 4.36. The Morgan fingerprint density at radius 3 is 2.71 bits per heavy atom. The molecule has 0 bridgehead atoms. The van der Waals surface area contributed by atoms with Crippen molar-refractivity contribution in [2.45, 2.75) is 13.2 Å². The summed E-state index contributed by atoms with van der Waals surface area (Å²) in [7, 11) is 0. The van der Waals surface area contributed by atoms with Gasteiger partial charge in [-0.05, 0) is 29.0 Å². The number of aliphatic hydroxyl groups is 1. The van der Waals surface area contributed by atoms with Gasteiger partial charge in [0.1, 0.15) is 18.2 Å². The molecule has 0 aliphatic rings. The van der Waals surface area contributed by atoms with Crippen LogP contribution >= 0.6 is 11.6 Å². The molecular weight excluding hydrogens is 381 g/mol. The second kappa shape index (κ2) is 10.4. The monoisotopic (exact) mass is 403 g/mol. The van der Waals surface area contributed by atoms with Crippen molar-refractivity contribution in [3.05, 3.63) is 76.6 Å². The first-order valence-electron chi connectivity index (χ1n) is 9.15. The number of fused-ring (bicyclic) bond motifs is 1. The zero-order chi connectivity index (χ0) is 19.8. The molecule has 0 amide bonds. The van der Waals surface area contributed by atoms with Crippen molar-refractivity contribution in [2.24, 2.45) is 0 Å². The first-order chi connectivity index (χ1) is 13.7. The highest BCUT2D eigenvalue weighted by atomic mass is 35.5. The molecule has 3 rings (SSSR count). The number of hydrogen-bond donors (Lipinski definition) is 2. The fourth-order valence-corrected chi connectivity index (χ4v) is 3.17. The Kier molecular flexibility index (Phi) is 7.62. The highest BCUT2D eigenvalue weighted by molar-refractivity contribution is 6.31. The van der Waals surface area contributed by atoms with E-state index in [1.54, 1.807) is 6.07 Å². The molecule has 28 heavy (non-hydrogen) atoms. The van der Waals surface area contributed by atoms with E-state index in [1.807, 2.05) is 24.3 Å². The minimum Gasteiger partial charge on any atom is -0.488 e.